The van der Waals surface area contributed by atoms with E-state index in [1.165, 1.54) is 18.4 Å². The number of nitrogens with one attached hydrogen (secondary N) is 1. The lowest BCUT2D eigenvalue weighted by molar-refractivity contribution is -0.135. The zero-order chi connectivity index (χ0) is 19.4. The first-order chi connectivity index (χ1) is 12.9. The second kappa shape index (κ2) is 9.81. The lowest BCUT2D eigenvalue weighted by Gasteiger charge is -2.23. The van der Waals surface area contributed by atoms with Crippen molar-refractivity contribution < 1.29 is 14.3 Å². The van der Waals surface area contributed by atoms with Crippen molar-refractivity contribution in [2.75, 3.05) is 46.9 Å². The third kappa shape index (κ3) is 5.31. The number of benzene rings is 1. The maximum absolute atomic E-state index is 12.1. The van der Waals surface area contributed by atoms with Crippen LogP contribution in [0.3, 0.4) is 0 Å². The Kier molecular flexibility index (Phi) is 7.98. The van der Waals surface area contributed by atoms with E-state index in [1.54, 1.807) is 25.9 Å². The summed E-state index contributed by atoms with van der Waals surface area (Å²) in [5, 5.41) is 3.51. The minimum atomic E-state index is -0.543. The van der Waals surface area contributed by atoms with Crippen LogP contribution in [0.25, 0.3) is 0 Å². The first kappa shape index (κ1) is 22.8. The summed E-state index contributed by atoms with van der Waals surface area (Å²) < 4.78 is 11.7. The highest BCUT2D eigenvalue weighted by Crippen LogP contribution is 2.37. The monoisotopic (exact) mass is 411 g/mol. The molecule has 6 nitrogen and oxygen atoms in total. The average Bonchev–Trinajstić information content (AvgIpc) is 3.26. The molecule has 1 spiro atoms. The molecular weight excluding hydrogens is 378 g/mol. The number of likely N-dealkylation sites (tertiary alicyclic amines) is 1. The molecule has 158 valence electrons. The molecule has 0 bridgehead atoms. The molecule has 7 heteroatoms. The number of rotatable bonds is 7. The lowest BCUT2D eigenvalue weighted by Crippen LogP contribution is -2.35. The summed E-state index contributed by atoms with van der Waals surface area (Å²) in [4.78, 5) is 16.2. The van der Waals surface area contributed by atoms with Crippen LogP contribution in [0.1, 0.15) is 32.3 Å². The van der Waals surface area contributed by atoms with Crippen LogP contribution in [0.5, 0.6) is 11.5 Å². The van der Waals surface area contributed by atoms with Gasteiger partial charge in [0.2, 0.25) is 0 Å². The third-order valence-electron chi connectivity index (χ3n) is 5.66. The van der Waals surface area contributed by atoms with Crippen LogP contribution in [0.4, 0.5) is 0 Å². The molecule has 2 saturated heterocycles. The summed E-state index contributed by atoms with van der Waals surface area (Å²) in [6.07, 6.45) is 2.03. The van der Waals surface area contributed by atoms with E-state index in [0.29, 0.717) is 23.5 Å². The fraction of sp³-hybridized carbons (Fsp3) is 0.667. The Hall–Kier alpha value is -1.50. The lowest BCUT2D eigenvalue weighted by atomic mass is 9.86. The molecule has 1 aromatic rings. The maximum atomic E-state index is 12.1. The molecule has 1 amide bonds. The van der Waals surface area contributed by atoms with Crippen molar-refractivity contribution in [3.05, 3.63) is 23.8 Å². The molecule has 0 aromatic heterocycles. The Bertz CT molecular complexity index is 662. The van der Waals surface area contributed by atoms with E-state index in [-0.39, 0.29) is 18.3 Å². The van der Waals surface area contributed by atoms with Crippen LogP contribution in [0.15, 0.2) is 18.2 Å². The standard InChI is InChI=1S/C21H33N3O3.ClH/c1-5-26-19-12-17(6-7-18(19)27-16(2)20(25)23(3)4)13-24-11-9-21(15-24)8-10-22-14-21;/h6-7,12,16,22H,5,8-11,13-15H2,1-4H3;1H. The van der Waals surface area contributed by atoms with E-state index in [4.69, 9.17) is 9.47 Å². The van der Waals surface area contributed by atoms with E-state index in [2.05, 4.69) is 22.3 Å². The van der Waals surface area contributed by atoms with Crippen LogP contribution >= 0.6 is 12.4 Å². The topological polar surface area (TPSA) is 54.0 Å². The first-order valence-electron chi connectivity index (χ1n) is 9.99. The van der Waals surface area contributed by atoms with Crippen LogP contribution in [-0.2, 0) is 11.3 Å². The van der Waals surface area contributed by atoms with Crippen LogP contribution in [0.2, 0.25) is 0 Å². The summed E-state index contributed by atoms with van der Waals surface area (Å²) in [5.74, 6) is 1.28. The van der Waals surface area contributed by atoms with E-state index >= 15 is 0 Å². The molecule has 1 N–H and O–H groups in total. The van der Waals surface area contributed by atoms with E-state index < -0.39 is 6.10 Å². The Morgan fingerprint density at radius 1 is 1.32 bits per heavy atom. The van der Waals surface area contributed by atoms with Crippen molar-refractivity contribution in [2.45, 2.75) is 39.3 Å². The molecule has 2 aliphatic heterocycles. The zero-order valence-corrected chi connectivity index (χ0v) is 18.3. The van der Waals surface area contributed by atoms with Gasteiger partial charge in [-0.15, -0.1) is 12.4 Å². The average molecular weight is 412 g/mol. The molecule has 1 aromatic carbocycles. The zero-order valence-electron chi connectivity index (χ0n) is 17.5. The van der Waals surface area contributed by atoms with Gasteiger partial charge in [0.1, 0.15) is 0 Å². The SMILES string of the molecule is CCOc1cc(CN2CCC3(CCNC3)C2)ccc1OC(C)C(=O)N(C)C.Cl. The molecule has 2 atom stereocenters. The number of amides is 1. The van der Waals surface area contributed by atoms with E-state index in [1.807, 2.05) is 13.0 Å². The van der Waals surface area contributed by atoms with E-state index in [0.717, 1.165) is 32.7 Å². The normalized spacial score (nSPS) is 22.7. The minimum Gasteiger partial charge on any atom is -0.490 e. The first-order valence-corrected chi connectivity index (χ1v) is 9.99. The predicted octanol–water partition coefficient (Wildman–Crippen LogP) is 2.55. The molecule has 0 saturated carbocycles. The molecule has 0 aliphatic carbocycles. The molecule has 2 aliphatic rings. The molecule has 2 unspecified atom stereocenters. The van der Waals surface area contributed by atoms with Crippen LogP contribution < -0.4 is 14.8 Å². The number of halogens is 1. The molecule has 0 radical (unpaired) electrons. The summed E-state index contributed by atoms with van der Waals surface area (Å²) in [6, 6.07) is 6.08. The quantitative estimate of drug-likeness (QED) is 0.747. The fourth-order valence-electron chi connectivity index (χ4n) is 4.19. The van der Waals surface area contributed by atoms with Gasteiger partial charge in [0.15, 0.2) is 17.6 Å². The van der Waals surface area contributed by atoms with Gasteiger partial charge >= 0.3 is 0 Å². The molecule has 3 rings (SSSR count). The Balaban J connectivity index is 0.00000280. The van der Waals surface area contributed by atoms with Crippen LogP contribution in [-0.4, -0.2) is 68.7 Å². The number of carbonyl (C=O) groups is 1. The Morgan fingerprint density at radius 2 is 2.11 bits per heavy atom. The molecule has 2 heterocycles. The summed E-state index contributed by atoms with van der Waals surface area (Å²) in [5.41, 5.74) is 1.70. The van der Waals surface area contributed by atoms with Gasteiger partial charge in [0.05, 0.1) is 6.61 Å². The minimum absolute atomic E-state index is 0. The van der Waals surface area contributed by atoms with Crippen molar-refractivity contribution in [3.8, 4) is 11.5 Å². The summed E-state index contributed by atoms with van der Waals surface area (Å²) in [6.45, 7) is 9.83. The molecule has 2 fully saturated rings. The summed E-state index contributed by atoms with van der Waals surface area (Å²) >= 11 is 0. The van der Waals surface area contributed by atoms with Crippen LogP contribution in [0, 0.1) is 5.41 Å². The third-order valence-corrected chi connectivity index (χ3v) is 5.66. The number of hydrogen-bond acceptors (Lipinski definition) is 5. The number of hydrogen-bond donors (Lipinski definition) is 1. The Labute approximate surface area is 175 Å². The van der Waals surface area contributed by atoms with Crippen molar-refractivity contribution in [2.24, 2.45) is 5.41 Å². The van der Waals surface area contributed by atoms with Gasteiger partial charge in [-0.25, -0.2) is 0 Å². The smallest absolute Gasteiger partial charge is 0.262 e. The van der Waals surface area contributed by atoms with E-state index in [9.17, 15) is 4.79 Å². The van der Waals surface area contributed by atoms with Crippen molar-refractivity contribution in [1.82, 2.24) is 15.1 Å². The highest BCUT2D eigenvalue weighted by atomic mass is 35.5. The largest absolute Gasteiger partial charge is 0.490 e. The van der Waals surface area contributed by atoms with Gasteiger partial charge in [0.25, 0.3) is 5.91 Å². The fourth-order valence-corrected chi connectivity index (χ4v) is 4.19. The second-order valence-corrected chi connectivity index (χ2v) is 8.09. The number of nitrogens with zero attached hydrogens (tertiary/aromatic N) is 2. The van der Waals surface area contributed by atoms with Gasteiger partial charge < -0.3 is 19.7 Å². The maximum Gasteiger partial charge on any atom is 0.262 e. The van der Waals surface area contributed by atoms with Crippen molar-refractivity contribution in [3.63, 3.8) is 0 Å². The van der Waals surface area contributed by atoms with Gasteiger partial charge in [-0.1, -0.05) is 6.07 Å². The second-order valence-electron chi connectivity index (χ2n) is 8.09. The Morgan fingerprint density at radius 3 is 2.75 bits per heavy atom. The highest BCUT2D eigenvalue weighted by Gasteiger charge is 2.40. The van der Waals surface area contributed by atoms with Gasteiger partial charge in [0, 0.05) is 33.7 Å². The number of ether oxygens (including phenoxy) is 2. The van der Waals surface area contributed by atoms with Gasteiger partial charge in [-0.2, -0.15) is 0 Å². The number of likely N-dealkylation sites (N-methyl/N-ethyl adjacent to an activating group) is 1. The van der Waals surface area contributed by atoms with Gasteiger partial charge in [-0.05, 0) is 62.9 Å². The molecule has 28 heavy (non-hydrogen) atoms. The van der Waals surface area contributed by atoms with Gasteiger partial charge in [-0.3, -0.25) is 9.69 Å². The number of carbonyl (C=O) groups excluding carboxylic acids is 1. The van der Waals surface area contributed by atoms with Crippen molar-refractivity contribution >= 4 is 18.3 Å². The molecular formula is C21H34ClN3O3. The highest BCUT2D eigenvalue weighted by molar-refractivity contribution is 5.85. The summed E-state index contributed by atoms with van der Waals surface area (Å²) in [7, 11) is 3.47. The van der Waals surface area contributed by atoms with Crippen molar-refractivity contribution in [1.29, 1.82) is 0 Å². The predicted molar refractivity (Wildman–Crippen MR) is 113 cm³/mol.